The summed E-state index contributed by atoms with van der Waals surface area (Å²) in [6.45, 7) is 1.83. The van der Waals surface area contributed by atoms with E-state index in [1.54, 1.807) is 18.2 Å². The Balaban J connectivity index is 2.31. The van der Waals surface area contributed by atoms with Crippen LogP contribution in [0.5, 0.6) is 11.5 Å². The van der Waals surface area contributed by atoms with Crippen LogP contribution < -0.4 is 4.74 Å². The van der Waals surface area contributed by atoms with E-state index in [1.165, 1.54) is 0 Å². The quantitative estimate of drug-likeness (QED) is 0.860. The number of halogens is 2. The molecule has 21 heavy (non-hydrogen) atoms. The molecule has 0 unspecified atom stereocenters. The van der Waals surface area contributed by atoms with Crippen LogP contribution in [0.15, 0.2) is 42.5 Å². The van der Waals surface area contributed by atoms with E-state index in [0.717, 1.165) is 29.8 Å². The second kappa shape index (κ2) is 6.17. The van der Waals surface area contributed by atoms with Crippen LogP contribution >= 0.6 is 0 Å². The summed E-state index contributed by atoms with van der Waals surface area (Å²) in [5.74, 6) is -3.20. The van der Waals surface area contributed by atoms with E-state index >= 15 is 0 Å². The number of benzene rings is 2. The summed E-state index contributed by atoms with van der Waals surface area (Å²) < 4.78 is 33.0. The SMILES string of the molecule is Cc1cccc(Oc2c(F)cc(C=CC(=O)O)cc2F)c1. The summed E-state index contributed by atoms with van der Waals surface area (Å²) in [5, 5.41) is 8.49. The number of aliphatic carboxylic acids is 1. The van der Waals surface area contributed by atoms with Crippen LogP contribution in [-0.2, 0) is 4.79 Å². The molecular formula is C16H12F2O3. The Kier molecular flexibility index (Phi) is 4.33. The average molecular weight is 290 g/mol. The van der Waals surface area contributed by atoms with Crippen molar-refractivity contribution < 1.29 is 23.4 Å². The van der Waals surface area contributed by atoms with Crippen LogP contribution in [0.2, 0.25) is 0 Å². The van der Waals surface area contributed by atoms with Crippen molar-refractivity contribution in [3.05, 3.63) is 65.2 Å². The molecular weight excluding hydrogens is 278 g/mol. The minimum absolute atomic E-state index is 0.101. The highest BCUT2D eigenvalue weighted by Crippen LogP contribution is 2.29. The summed E-state index contributed by atoms with van der Waals surface area (Å²) in [6.07, 6.45) is 1.90. The van der Waals surface area contributed by atoms with E-state index < -0.39 is 23.4 Å². The monoisotopic (exact) mass is 290 g/mol. The maximum Gasteiger partial charge on any atom is 0.328 e. The largest absolute Gasteiger partial charge is 0.478 e. The van der Waals surface area contributed by atoms with E-state index in [2.05, 4.69) is 0 Å². The summed E-state index contributed by atoms with van der Waals surface area (Å²) in [4.78, 5) is 10.4. The predicted molar refractivity (Wildman–Crippen MR) is 74.3 cm³/mol. The minimum atomic E-state index is -1.20. The molecule has 0 aliphatic rings. The Morgan fingerprint density at radius 2 is 1.86 bits per heavy atom. The molecule has 5 heteroatoms. The van der Waals surface area contributed by atoms with Crippen molar-refractivity contribution in [2.24, 2.45) is 0 Å². The highest BCUT2D eigenvalue weighted by atomic mass is 19.1. The molecule has 0 aliphatic heterocycles. The fraction of sp³-hybridized carbons (Fsp3) is 0.0625. The van der Waals surface area contributed by atoms with Crippen molar-refractivity contribution in [3.63, 3.8) is 0 Å². The minimum Gasteiger partial charge on any atom is -0.478 e. The maximum absolute atomic E-state index is 13.9. The van der Waals surface area contributed by atoms with Gasteiger partial charge in [-0.05, 0) is 48.4 Å². The highest BCUT2D eigenvalue weighted by Gasteiger charge is 2.13. The molecule has 2 aromatic rings. The van der Waals surface area contributed by atoms with Gasteiger partial charge in [-0.25, -0.2) is 13.6 Å². The number of hydrogen-bond acceptors (Lipinski definition) is 2. The van der Waals surface area contributed by atoms with Crippen molar-refractivity contribution >= 4 is 12.0 Å². The van der Waals surface area contributed by atoms with Crippen molar-refractivity contribution in [2.75, 3.05) is 0 Å². The molecule has 0 radical (unpaired) electrons. The third-order valence-corrected chi connectivity index (χ3v) is 2.65. The van der Waals surface area contributed by atoms with Gasteiger partial charge in [0.1, 0.15) is 5.75 Å². The normalized spacial score (nSPS) is 10.8. The summed E-state index contributed by atoms with van der Waals surface area (Å²) in [6, 6.07) is 8.80. The number of ether oxygens (including phenoxy) is 1. The van der Waals surface area contributed by atoms with Gasteiger partial charge in [0, 0.05) is 6.08 Å². The average Bonchev–Trinajstić information content (AvgIpc) is 2.40. The number of carboxylic acids is 1. The van der Waals surface area contributed by atoms with Gasteiger partial charge in [-0.1, -0.05) is 12.1 Å². The van der Waals surface area contributed by atoms with Crippen molar-refractivity contribution in [1.82, 2.24) is 0 Å². The Labute approximate surface area is 120 Å². The predicted octanol–water partition coefficient (Wildman–Crippen LogP) is 4.16. The molecule has 0 fully saturated rings. The summed E-state index contributed by atoms with van der Waals surface area (Å²) in [7, 11) is 0. The van der Waals surface area contributed by atoms with E-state index in [0.29, 0.717) is 5.75 Å². The lowest BCUT2D eigenvalue weighted by atomic mass is 10.2. The van der Waals surface area contributed by atoms with Crippen LogP contribution in [0.4, 0.5) is 8.78 Å². The molecule has 2 aromatic carbocycles. The molecule has 0 heterocycles. The number of aryl methyl sites for hydroxylation is 1. The summed E-state index contributed by atoms with van der Waals surface area (Å²) >= 11 is 0. The second-order valence-corrected chi connectivity index (χ2v) is 4.40. The van der Waals surface area contributed by atoms with E-state index in [-0.39, 0.29) is 5.56 Å². The van der Waals surface area contributed by atoms with E-state index in [9.17, 15) is 13.6 Å². The topological polar surface area (TPSA) is 46.5 Å². The van der Waals surface area contributed by atoms with Gasteiger partial charge < -0.3 is 9.84 Å². The Hall–Kier alpha value is -2.69. The van der Waals surface area contributed by atoms with Gasteiger partial charge in [0.2, 0.25) is 0 Å². The van der Waals surface area contributed by atoms with Crippen LogP contribution in [0.25, 0.3) is 6.08 Å². The van der Waals surface area contributed by atoms with E-state index in [1.807, 2.05) is 13.0 Å². The molecule has 0 bridgehead atoms. The Morgan fingerprint density at radius 1 is 1.19 bits per heavy atom. The summed E-state index contributed by atoms with van der Waals surface area (Å²) in [5.41, 5.74) is 0.998. The zero-order chi connectivity index (χ0) is 15.4. The first-order valence-corrected chi connectivity index (χ1v) is 6.10. The number of carboxylic acid groups (broad SMARTS) is 1. The lowest BCUT2D eigenvalue weighted by Crippen LogP contribution is -1.94. The molecule has 0 saturated heterocycles. The lowest BCUT2D eigenvalue weighted by molar-refractivity contribution is -0.131. The van der Waals surface area contributed by atoms with Crippen LogP contribution in [-0.4, -0.2) is 11.1 Å². The van der Waals surface area contributed by atoms with Gasteiger partial charge in [0.05, 0.1) is 0 Å². The number of rotatable bonds is 4. The first-order chi connectivity index (χ1) is 9.95. The van der Waals surface area contributed by atoms with Gasteiger partial charge in [-0.15, -0.1) is 0 Å². The molecule has 108 valence electrons. The standard InChI is InChI=1S/C16H12F2O3/c1-10-3-2-4-12(7-10)21-16-13(17)8-11(9-14(16)18)5-6-15(19)20/h2-9H,1H3,(H,19,20). The zero-order valence-electron chi connectivity index (χ0n) is 11.1. The molecule has 1 N–H and O–H groups in total. The van der Waals surface area contributed by atoms with E-state index in [4.69, 9.17) is 9.84 Å². The van der Waals surface area contributed by atoms with Gasteiger partial charge in [-0.3, -0.25) is 0 Å². The van der Waals surface area contributed by atoms with Gasteiger partial charge in [0.25, 0.3) is 0 Å². The second-order valence-electron chi connectivity index (χ2n) is 4.40. The molecule has 2 rings (SSSR count). The third kappa shape index (κ3) is 3.89. The van der Waals surface area contributed by atoms with Gasteiger partial charge in [0.15, 0.2) is 17.4 Å². The number of hydrogen-bond donors (Lipinski definition) is 1. The highest BCUT2D eigenvalue weighted by molar-refractivity contribution is 5.85. The maximum atomic E-state index is 13.9. The third-order valence-electron chi connectivity index (χ3n) is 2.65. The lowest BCUT2D eigenvalue weighted by Gasteiger charge is -2.09. The van der Waals surface area contributed by atoms with Gasteiger partial charge in [-0.2, -0.15) is 0 Å². The van der Waals surface area contributed by atoms with Gasteiger partial charge >= 0.3 is 5.97 Å². The Bertz CT molecular complexity index is 685. The Morgan fingerprint density at radius 3 is 2.43 bits per heavy atom. The first kappa shape index (κ1) is 14.7. The zero-order valence-corrected chi connectivity index (χ0v) is 11.1. The molecule has 0 atom stereocenters. The smallest absolute Gasteiger partial charge is 0.328 e. The molecule has 0 aromatic heterocycles. The fourth-order valence-corrected chi connectivity index (χ4v) is 1.74. The molecule has 0 saturated carbocycles. The molecule has 0 aliphatic carbocycles. The molecule has 3 nitrogen and oxygen atoms in total. The molecule has 0 spiro atoms. The fourth-order valence-electron chi connectivity index (χ4n) is 1.74. The van der Waals surface area contributed by atoms with Crippen LogP contribution in [0, 0.1) is 18.6 Å². The van der Waals surface area contributed by atoms with Crippen molar-refractivity contribution in [2.45, 2.75) is 6.92 Å². The number of carbonyl (C=O) groups is 1. The van der Waals surface area contributed by atoms with Crippen LogP contribution in [0.3, 0.4) is 0 Å². The van der Waals surface area contributed by atoms with Crippen molar-refractivity contribution in [1.29, 1.82) is 0 Å². The van der Waals surface area contributed by atoms with Crippen LogP contribution in [0.1, 0.15) is 11.1 Å². The molecule has 0 amide bonds. The first-order valence-electron chi connectivity index (χ1n) is 6.10. The van der Waals surface area contributed by atoms with Crippen molar-refractivity contribution in [3.8, 4) is 11.5 Å².